The van der Waals surface area contributed by atoms with Crippen molar-refractivity contribution in [3.8, 4) is 0 Å². The molecule has 2 N–H and O–H groups in total. The Labute approximate surface area is 236 Å². The molecule has 0 spiro atoms. The molecule has 0 unspecified atom stereocenters. The molecule has 212 valence electrons. The van der Waals surface area contributed by atoms with E-state index in [2.05, 4.69) is 15.5 Å². The van der Waals surface area contributed by atoms with E-state index in [4.69, 9.17) is 4.74 Å². The van der Waals surface area contributed by atoms with Gasteiger partial charge in [-0.2, -0.15) is 4.31 Å². The van der Waals surface area contributed by atoms with Crippen molar-refractivity contribution in [2.45, 2.75) is 24.8 Å². The molecule has 2 amide bonds. The number of hydrogen-bond acceptors (Lipinski definition) is 6. The molecule has 10 heteroatoms. The van der Waals surface area contributed by atoms with Gasteiger partial charge in [0.05, 0.1) is 16.1 Å². The predicted octanol–water partition coefficient (Wildman–Crippen LogP) is 3.52. The van der Waals surface area contributed by atoms with E-state index in [1.54, 1.807) is 49.6 Å². The molecule has 40 heavy (non-hydrogen) atoms. The SMILES string of the molecule is COCCCNC(=O)c1ccccc1NC(=O)c1cccc(CN2CCN(S(=O)(=O)c3ccc(C)cc3)CC2)c1. The number of piperazine rings is 1. The average Bonchev–Trinajstić information content (AvgIpc) is 2.96. The summed E-state index contributed by atoms with van der Waals surface area (Å²) in [5.74, 6) is -0.570. The number of sulfonamides is 1. The molecule has 0 aromatic heterocycles. The minimum Gasteiger partial charge on any atom is -0.385 e. The molecule has 0 atom stereocenters. The third kappa shape index (κ3) is 7.54. The van der Waals surface area contributed by atoms with Crippen molar-refractivity contribution in [2.75, 3.05) is 51.8 Å². The van der Waals surface area contributed by atoms with Gasteiger partial charge < -0.3 is 15.4 Å². The number of amides is 2. The van der Waals surface area contributed by atoms with E-state index in [0.717, 1.165) is 11.1 Å². The summed E-state index contributed by atoms with van der Waals surface area (Å²) in [6.07, 6.45) is 0.696. The van der Waals surface area contributed by atoms with E-state index >= 15 is 0 Å². The van der Waals surface area contributed by atoms with E-state index in [1.165, 1.54) is 4.31 Å². The number of methoxy groups -OCH3 is 1. The van der Waals surface area contributed by atoms with Crippen LogP contribution in [0.1, 0.15) is 38.3 Å². The first-order valence-corrected chi connectivity index (χ1v) is 14.8. The number of aryl methyl sites for hydroxylation is 1. The minimum absolute atomic E-state index is 0.260. The summed E-state index contributed by atoms with van der Waals surface area (Å²) in [5.41, 5.74) is 3.28. The molecular formula is C30H36N4O5S. The fourth-order valence-electron chi connectivity index (χ4n) is 4.55. The molecule has 9 nitrogen and oxygen atoms in total. The topological polar surface area (TPSA) is 108 Å². The maximum Gasteiger partial charge on any atom is 0.255 e. The summed E-state index contributed by atoms with van der Waals surface area (Å²) in [5, 5.41) is 5.72. The lowest BCUT2D eigenvalue weighted by atomic mass is 10.1. The average molecular weight is 565 g/mol. The van der Waals surface area contributed by atoms with Gasteiger partial charge in [0.25, 0.3) is 11.8 Å². The largest absolute Gasteiger partial charge is 0.385 e. The van der Waals surface area contributed by atoms with Crippen molar-refractivity contribution in [3.63, 3.8) is 0 Å². The minimum atomic E-state index is -3.52. The molecule has 1 heterocycles. The van der Waals surface area contributed by atoms with Crippen molar-refractivity contribution in [3.05, 3.63) is 95.1 Å². The number of nitrogens with zero attached hydrogens (tertiary/aromatic N) is 2. The van der Waals surface area contributed by atoms with Crippen molar-refractivity contribution < 1.29 is 22.7 Å². The first-order valence-electron chi connectivity index (χ1n) is 13.3. The van der Waals surface area contributed by atoms with Gasteiger partial charge in [0.2, 0.25) is 10.0 Å². The molecule has 0 saturated carbocycles. The van der Waals surface area contributed by atoms with Gasteiger partial charge in [-0.1, -0.05) is 42.0 Å². The van der Waals surface area contributed by atoms with Gasteiger partial charge in [-0.05, 0) is 55.3 Å². The van der Waals surface area contributed by atoms with Gasteiger partial charge in [-0.3, -0.25) is 14.5 Å². The normalized spacial score (nSPS) is 14.6. The Morgan fingerprint density at radius 2 is 1.62 bits per heavy atom. The van der Waals surface area contributed by atoms with Crippen molar-refractivity contribution in [1.29, 1.82) is 0 Å². The number of ether oxygens (including phenoxy) is 1. The third-order valence-corrected chi connectivity index (χ3v) is 8.73. The molecule has 3 aromatic rings. The Bertz CT molecular complexity index is 1420. The third-order valence-electron chi connectivity index (χ3n) is 6.82. The van der Waals surface area contributed by atoms with Crippen LogP contribution in [0.15, 0.2) is 77.7 Å². The van der Waals surface area contributed by atoms with Gasteiger partial charge in [-0.25, -0.2) is 8.42 Å². The summed E-state index contributed by atoms with van der Waals surface area (Å²) in [6.45, 7) is 5.54. The maximum atomic E-state index is 13.1. The van der Waals surface area contributed by atoms with Crippen molar-refractivity contribution in [2.24, 2.45) is 0 Å². The lowest BCUT2D eigenvalue weighted by Crippen LogP contribution is -2.48. The zero-order valence-corrected chi connectivity index (χ0v) is 23.7. The van der Waals surface area contributed by atoms with Crippen LogP contribution in [0, 0.1) is 6.92 Å². The van der Waals surface area contributed by atoms with Gasteiger partial charge in [0.15, 0.2) is 0 Å². The van der Waals surface area contributed by atoms with E-state index < -0.39 is 10.0 Å². The fraction of sp³-hybridized carbons (Fsp3) is 0.333. The second-order valence-electron chi connectivity index (χ2n) is 9.80. The van der Waals surface area contributed by atoms with Crippen LogP contribution in [-0.2, 0) is 21.3 Å². The Balaban J connectivity index is 1.35. The molecule has 0 bridgehead atoms. The summed E-state index contributed by atoms with van der Waals surface area (Å²) >= 11 is 0. The van der Waals surface area contributed by atoms with Crippen LogP contribution in [-0.4, -0.2) is 75.9 Å². The molecule has 1 saturated heterocycles. The molecule has 1 fully saturated rings. The fourth-order valence-corrected chi connectivity index (χ4v) is 5.98. The van der Waals surface area contributed by atoms with Crippen LogP contribution in [0.4, 0.5) is 5.69 Å². The number of nitrogens with one attached hydrogen (secondary N) is 2. The Kier molecular flexibility index (Phi) is 10.1. The first-order chi connectivity index (χ1) is 19.3. The van der Waals surface area contributed by atoms with Crippen LogP contribution in [0.3, 0.4) is 0 Å². The quantitative estimate of drug-likeness (QED) is 0.345. The number of para-hydroxylation sites is 1. The lowest BCUT2D eigenvalue weighted by molar-refractivity contribution is 0.0949. The predicted molar refractivity (Wildman–Crippen MR) is 155 cm³/mol. The van der Waals surface area contributed by atoms with Crippen LogP contribution in [0.25, 0.3) is 0 Å². The standard InChI is InChI=1S/C30H36N4O5S/c1-23-11-13-26(14-12-23)40(37,38)34-18-16-33(17-19-34)22-24-7-5-8-25(21-24)29(35)32-28-10-4-3-9-27(28)30(36)31-15-6-20-39-2/h3-5,7-14,21H,6,15-20,22H2,1-2H3,(H,31,36)(H,32,35). The van der Waals surface area contributed by atoms with Crippen LogP contribution in [0.5, 0.6) is 0 Å². The first kappa shape index (κ1) is 29.4. The lowest BCUT2D eigenvalue weighted by Gasteiger charge is -2.34. The van der Waals surface area contributed by atoms with Crippen LogP contribution >= 0.6 is 0 Å². The highest BCUT2D eigenvalue weighted by atomic mass is 32.2. The van der Waals surface area contributed by atoms with Gasteiger partial charge in [0, 0.05) is 58.5 Å². The van der Waals surface area contributed by atoms with Gasteiger partial charge in [-0.15, -0.1) is 0 Å². The molecule has 1 aliphatic rings. The van der Waals surface area contributed by atoms with E-state index in [0.29, 0.717) is 74.0 Å². The van der Waals surface area contributed by atoms with E-state index in [1.807, 2.05) is 37.3 Å². The Morgan fingerprint density at radius 1 is 0.900 bits per heavy atom. The zero-order chi connectivity index (χ0) is 28.5. The molecule has 1 aliphatic heterocycles. The van der Waals surface area contributed by atoms with Gasteiger partial charge in [0.1, 0.15) is 0 Å². The van der Waals surface area contributed by atoms with E-state index in [9.17, 15) is 18.0 Å². The van der Waals surface area contributed by atoms with Gasteiger partial charge >= 0.3 is 0 Å². The number of anilines is 1. The highest BCUT2D eigenvalue weighted by Gasteiger charge is 2.28. The monoisotopic (exact) mass is 564 g/mol. The summed E-state index contributed by atoms with van der Waals surface area (Å²) in [7, 11) is -1.91. The Hall–Kier alpha value is -3.57. The second-order valence-corrected chi connectivity index (χ2v) is 11.7. The van der Waals surface area contributed by atoms with E-state index in [-0.39, 0.29) is 11.8 Å². The molecule has 3 aromatic carbocycles. The summed E-state index contributed by atoms with van der Waals surface area (Å²) in [4.78, 5) is 28.2. The second kappa shape index (κ2) is 13.7. The maximum absolute atomic E-state index is 13.1. The smallest absolute Gasteiger partial charge is 0.255 e. The summed E-state index contributed by atoms with van der Waals surface area (Å²) in [6, 6.07) is 21.2. The number of hydrogen-bond donors (Lipinski definition) is 2. The molecule has 0 radical (unpaired) electrons. The number of benzene rings is 3. The van der Waals surface area contributed by atoms with Crippen molar-refractivity contribution >= 4 is 27.5 Å². The zero-order valence-electron chi connectivity index (χ0n) is 22.9. The summed E-state index contributed by atoms with van der Waals surface area (Å²) < 4.78 is 32.6. The van der Waals surface area contributed by atoms with Crippen LogP contribution in [0.2, 0.25) is 0 Å². The van der Waals surface area contributed by atoms with Crippen LogP contribution < -0.4 is 10.6 Å². The number of carbonyl (C=O) groups is 2. The Morgan fingerprint density at radius 3 is 2.35 bits per heavy atom. The number of carbonyl (C=O) groups excluding carboxylic acids is 2. The number of rotatable bonds is 11. The highest BCUT2D eigenvalue weighted by molar-refractivity contribution is 7.89. The molecular weight excluding hydrogens is 528 g/mol. The highest BCUT2D eigenvalue weighted by Crippen LogP contribution is 2.20. The van der Waals surface area contributed by atoms with Crippen molar-refractivity contribution in [1.82, 2.24) is 14.5 Å². The molecule has 0 aliphatic carbocycles. The molecule has 4 rings (SSSR count).